The molecule has 21 heavy (non-hydrogen) atoms. The van der Waals surface area contributed by atoms with Gasteiger partial charge in [-0.3, -0.25) is 4.79 Å². The average Bonchev–Trinajstić information content (AvgIpc) is 2.38. The van der Waals surface area contributed by atoms with Crippen LogP contribution in [-0.2, 0) is 4.79 Å². The molecule has 0 unspecified atom stereocenters. The van der Waals surface area contributed by atoms with Gasteiger partial charge < -0.3 is 10.6 Å². The van der Waals surface area contributed by atoms with Crippen molar-refractivity contribution in [1.82, 2.24) is 5.32 Å². The molecule has 118 valence electrons. The van der Waals surface area contributed by atoms with E-state index in [1.54, 1.807) is 0 Å². The highest BCUT2D eigenvalue weighted by Gasteiger charge is 2.18. The van der Waals surface area contributed by atoms with Crippen LogP contribution in [0.25, 0.3) is 0 Å². The second kappa shape index (κ2) is 8.18. The van der Waals surface area contributed by atoms with Crippen LogP contribution in [0.3, 0.4) is 0 Å². The molecule has 0 spiro atoms. The molecule has 3 nitrogen and oxygen atoms in total. The SMILES string of the molecule is CCC[C@H](NCC(C)C)C(=O)Nc1c(C)cc(C)cc1C. The first-order valence-corrected chi connectivity index (χ1v) is 7.97. The van der Waals surface area contributed by atoms with E-state index in [2.05, 4.69) is 50.5 Å². The first kappa shape index (κ1) is 17.7. The van der Waals surface area contributed by atoms with E-state index in [1.807, 2.05) is 13.8 Å². The van der Waals surface area contributed by atoms with Gasteiger partial charge in [-0.05, 0) is 50.8 Å². The molecule has 0 heterocycles. The Morgan fingerprint density at radius 1 is 1.14 bits per heavy atom. The van der Waals surface area contributed by atoms with Crippen molar-refractivity contribution in [2.45, 2.75) is 60.4 Å². The summed E-state index contributed by atoms with van der Waals surface area (Å²) in [5.74, 6) is 0.618. The number of anilines is 1. The number of aryl methyl sites for hydroxylation is 3. The Hall–Kier alpha value is -1.35. The standard InChI is InChI=1S/C18H30N2O/c1-7-8-16(19-11-12(2)3)18(21)20-17-14(5)9-13(4)10-15(17)6/h9-10,12,16,19H,7-8,11H2,1-6H3,(H,20,21)/t16-/m0/s1. The first-order valence-electron chi connectivity index (χ1n) is 7.97. The van der Waals surface area contributed by atoms with Gasteiger partial charge in [0.25, 0.3) is 0 Å². The summed E-state index contributed by atoms with van der Waals surface area (Å²) in [6.45, 7) is 13.5. The normalized spacial score (nSPS) is 12.5. The number of carbonyl (C=O) groups excluding carboxylic acids is 1. The highest BCUT2D eigenvalue weighted by atomic mass is 16.2. The minimum atomic E-state index is -0.113. The number of nitrogens with one attached hydrogen (secondary N) is 2. The summed E-state index contributed by atoms with van der Waals surface area (Å²) in [4.78, 5) is 12.5. The van der Waals surface area contributed by atoms with E-state index in [4.69, 9.17) is 0 Å². The molecule has 1 atom stereocenters. The molecule has 1 amide bonds. The zero-order valence-electron chi connectivity index (χ0n) is 14.3. The van der Waals surface area contributed by atoms with Crippen LogP contribution in [0.5, 0.6) is 0 Å². The maximum Gasteiger partial charge on any atom is 0.241 e. The van der Waals surface area contributed by atoms with Crippen LogP contribution in [0.15, 0.2) is 12.1 Å². The van der Waals surface area contributed by atoms with Gasteiger partial charge in [0.2, 0.25) is 5.91 Å². The fourth-order valence-corrected chi connectivity index (χ4v) is 2.58. The molecule has 0 bridgehead atoms. The fraction of sp³-hybridized carbons (Fsp3) is 0.611. The van der Waals surface area contributed by atoms with Crippen LogP contribution in [0.1, 0.15) is 50.3 Å². The Labute approximate surface area is 129 Å². The lowest BCUT2D eigenvalue weighted by molar-refractivity contribution is -0.118. The van der Waals surface area contributed by atoms with Gasteiger partial charge >= 0.3 is 0 Å². The number of rotatable bonds is 7. The van der Waals surface area contributed by atoms with Crippen molar-refractivity contribution in [1.29, 1.82) is 0 Å². The molecule has 0 radical (unpaired) electrons. The summed E-state index contributed by atoms with van der Waals surface area (Å²) in [7, 11) is 0. The number of benzene rings is 1. The molecule has 1 aromatic rings. The molecule has 1 rings (SSSR count). The van der Waals surface area contributed by atoms with E-state index in [1.165, 1.54) is 5.56 Å². The monoisotopic (exact) mass is 290 g/mol. The van der Waals surface area contributed by atoms with E-state index in [9.17, 15) is 4.79 Å². The molecule has 0 saturated heterocycles. The predicted molar refractivity (Wildman–Crippen MR) is 90.8 cm³/mol. The molecule has 0 fully saturated rings. The highest BCUT2D eigenvalue weighted by Crippen LogP contribution is 2.22. The molecule has 1 aromatic carbocycles. The highest BCUT2D eigenvalue weighted by molar-refractivity contribution is 5.96. The first-order chi connectivity index (χ1) is 9.85. The van der Waals surface area contributed by atoms with E-state index in [0.717, 1.165) is 36.2 Å². The Bertz CT molecular complexity index is 457. The molecular weight excluding hydrogens is 260 g/mol. The third-order valence-corrected chi connectivity index (χ3v) is 3.59. The zero-order valence-corrected chi connectivity index (χ0v) is 14.3. The van der Waals surface area contributed by atoms with Crippen LogP contribution in [0.2, 0.25) is 0 Å². The summed E-state index contributed by atoms with van der Waals surface area (Å²) in [6.07, 6.45) is 1.86. The maximum absolute atomic E-state index is 12.5. The van der Waals surface area contributed by atoms with Crippen molar-refractivity contribution in [3.8, 4) is 0 Å². The number of carbonyl (C=O) groups is 1. The molecule has 0 saturated carbocycles. The average molecular weight is 290 g/mol. The van der Waals surface area contributed by atoms with Crippen LogP contribution >= 0.6 is 0 Å². The summed E-state index contributed by atoms with van der Waals surface area (Å²) in [5.41, 5.74) is 4.43. The van der Waals surface area contributed by atoms with Crippen LogP contribution in [0.4, 0.5) is 5.69 Å². The Kier molecular flexibility index (Phi) is 6.90. The molecule has 2 N–H and O–H groups in total. The van der Waals surface area contributed by atoms with E-state index >= 15 is 0 Å². The van der Waals surface area contributed by atoms with Crippen molar-refractivity contribution in [3.05, 3.63) is 28.8 Å². The minimum absolute atomic E-state index is 0.0764. The molecule has 0 aromatic heterocycles. The summed E-state index contributed by atoms with van der Waals surface area (Å²) in [5, 5.41) is 6.49. The number of hydrogen-bond acceptors (Lipinski definition) is 2. The van der Waals surface area contributed by atoms with Gasteiger partial charge in [-0.1, -0.05) is 44.9 Å². The zero-order chi connectivity index (χ0) is 16.0. The number of hydrogen-bond donors (Lipinski definition) is 2. The quantitative estimate of drug-likeness (QED) is 0.798. The summed E-state index contributed by atoms with van der Waals surface area (Å²) in [6, 6.07) is 4.11. The maximum atomic E-state index is 12.5. The third-order valence-electron chi connectivity index (χ3n) is 3.59. The molecule has 0 aliphatic heterocycles. The van der Waals surface area contributed by atoms with Gasteiger partial charge in [-0.2, -0.15) is 0 Å². The lowest BCUT2D eigenvalue weighted by Gasteiger charge is -2.21. The van der Waals surface area contributed by atoms with Crippen LogP contribution in [-0.4, -0.2) is 18.5 Å². The summed E-state index contributed by atoms with van der Waals surface area (Å²) < 4.78 is 0. The Morgan fingerprint density at radius 2 is 1.71 bits per heavy atom. The largest absolute Gasteiger partial charge is 0.324 e. The van der Waals surface area contributed by atoms with Gasteiger partial charge in [-0.15, -0.1) is 0 Å². The van der Waals surface area contributed by atoms with Gasteiger partial charge in [0, 0.05) is 5.69 Å². The van der Waals surface area contributed by atoms with Crippen LogP contribution < -0.4 is 10.6 Å². The third kappa shape index (κ3) is 5.50. The Balaban J connectivity index is 2.81. The molecular formula is C18H30N2O. The van der Waals surface area contributed by atoms with E-state index in [0.29, 0.717) is 5.92 Å². The predicted octanol–water partition coefficient (Wildman–Crippen LogP) is 3.96. The van der Waals surface area contributed by atoms with Crippen LogP contribution in [0, 0.1) is 26.7 Å². The van der Waals surface area contributed by atoms with Gasteiger partial charge in [0.15, 0.2) is 0 Å². The second-order valence-corrected chi connectivity index (χ2v) is 6.41. The molecule has 0 aliphatic carbocycles. The van der Waals surface area contributed by atoms with Gasteiger partial charge in [-0.25, -0.2) is 0 Å². The van der Waals surface area contributed by atoms with Crippen molar-refractivity contribution >= 4 is 11.6 Å². The second-order valence-electron chi connectivity index (χ2n) is 6.41. The van der Waals surface area contributed by atoms with Crippen molar-refractivity contribution in [2.24, 2.45) is 5.92 Å². The molecule has 3 heteroatoms. The summed E-state index contributed by atoms with van der Waals surface area (Å²) >= 11 is 0. The smallest absolute Gasteiger partial charge is 0.241 e. The Morgan fingerprint density at radius 3 is 2.19 bits per heavy atom. The van der Waals surface area contributed by atoms with E-state index < -0.39 is 0 Å². The topological polar surface area (TPSA) is 41.1 Å². The van der Waals surface area contributed by atoms with Crippen molar-refractivity contribution in [2.75, 3.05) is 11.9 Å². The van der Waals surface area contributed by atoms with Gasteiger partial charge in [0.1, 0.15) is 0 Å². The minimum Gasteiger partial charge on any atom is -0.324 e. The lowest BCUT2D eigenvalue weighted by Crippen LogP contribution is -2.42. The number of amides is 1. The van der Waals surface area contributed by atoms with Gasteiger partial charge in [0.05, 0.1) is 6.04 Å². The lowest BCUT2D eigenvalue weighted by atomic mass is 10.0. The fourth-order valence-electron chi connectivity index (χ4n) is 2.58. The van der Waals surface area contributed by atoms with Crippen molar-refractivity contribution < 1.29 is 4.79 Å². The van der Waals surface area contributed by atoms with Crippen molar-refractivity contribution in [3.63, 3.8) is 0 Å². The molecule has 0 aliphatic rings. The van der Waals surface area contributed by atoms with E-state index in [-0.39, 0.29) is 11.9 Å².